The summed E-state index contributed by atoms with van der Waals surface area (Å²) in [5.41, 5.74) is 0.284. The van der Waals surface area contributed by atoms with Gasteiger partial charge in [-0.25, -0.2) is 0 Å². The molecule has 5 nitrogen and oxygen atoms in total. The van der Waals surface area contributed by atoms with E-state index in [-0.39, 0.29) is 18.2 Å². The maximum atomic E-state index is 11.7. The van der Waals surface area contributed by atoms with Gasteiger partial charge in [0.2, 0.25) is 0 Å². The van der Waals surface area contributed by atoms with E-state index in [9.17, 15) is 4.79 Å². The first kappa shape index (κ1) is 10.7. The normalized spacial score (nSPS) is 10.1. The monoisotopic (exact) mass is 198 g/mol. The van der Waals surface area contributed by atoms with Gasteiger partial charge in [-0.3, -0.25) is 4.79 Å². The standard InChI is InChI=1S/C9H14N2O3/c1-2-4-11(5-6-12)9(13)8-3-7-14-10-8/h3,7,12H,2,4-6H2,1H3. The van der Waals surface area contributed by atoms with Gasteiger partial charge in [0.1, 0.15) is 6.26 Å². The lowest BCUT2D eigenvalue weighted by molar-refractivity contribution is 0.0711. The molecular formula is C9H14N2O3. The van der Waals surface area contributed by atoms with Crippen molar-refractivity contribution in [2.75, 3.05) is 19.7 Å². The van der Waals surface area contributed by atoms with E-state index >= 15 is 0 Å². The van der Waals surface area contributed by atoms with Crippen LogP contribution < -0.4 is 0 Å². The summed E-state index contributed by atoms with van der Waals surface area (Å²) in [4.78, 5) is 13.2. The predicted octanol–water partition coefficient (Wildman–Crippen LogP) is 0.519. The van der Waals surface area contributed by atoms with Gasteiger partial charge < -0.3 is 14.5 Å². The zero-order valence-corrected chi connectivity index (χ0v) is 8.14. The van der Waals surface area contributed by atoms with Crippen molar-refractivity contribution in [3.05, 3.63) is 18.0 Å². The molecule has 0 aliphatic heterocycles. The summed E-state index contributed by atoms with van der Waals surface area (Å²) in [7, 11) is 0. The van der Waals surface area contributed by atoms with Gasteiger partial charge in [-0.15, -0.1) is 0 Å². The summed E-state index contributed by atoms with van der Waals surface area (Å²) < 4.78 is 4.58. The smallest absolute Gasteiger partial charge is 0.276 e. The molecule has 1 N–H and O–H groups in total. The molecule has 0 saturated heterocycles. The Bertz CT molecular complexity index is 266. The fourth-order valence-electron chi connectivity index (χ4n) is 1.19. The molecule has 0 unspecified atom stereocenters. The second-order valence-electron chi connectivity index (χ2n) is 2.90. The van der Waals surface area contributed by atoms with Gasteiger partial charge >= 0.3 is 0 Å². The largest absolute Gasteiger partial charge is 0.395 e. The number of hydrogen-bond acceptors (Lipinski definition) is 4. The van der Waals surface area contributed by atoms with Crippen LogP contribution in [-0.2, 0) is 0 Å². The van der Waals surface area contributed by atoms with Gasteiger partial charge in [-0.05, 0) is 6.42 Å². The van der Waals surface area contributed by atoms with E-state index in [0.29, 0.717) is 13.1 Å². The van der Waals surface area contributed by atoms with Crippen molar-refractivity contribution in [2.45, 2.75) is 13.3 Å². The Labute approximate surface area is 82.3 Å². The second kappa shape index (κ2) is 5.39. The fraction of sp³-hybridized carbons (Fsp3) is 0.556. The molecule has 0 radical (unpaired) electrons. The van der Waals surface area contributed by atoms with Crippen molar-refractivity contribution in [3.63, 3.8) is 0 Å². The topological polar surface area (TPSA) is 66.6 Å². The van der Waals surface area contributed by atoms with Crippen molar-refractivity contribution in [1.29, 1.82) is 0 Å². The summed E-state index contributed by atoms with van der Waals surface area (Å²) in [6.45, 7) is 2.88. The number of aliphatic hydroxyl groups excluding tert-OH is 1. The molecule has 1 rings (SSSR count). The molecule has 1 aromatic rings. The lowest BCUT2D eigenvalue weighted by Crippen LogP contribution is -2.34. The molecule has 0 atom stereocenters. The first-order chi connectivity index (χ1) is 6.79. The number of aromatic nitrogens is 1. The summed E-state index contributed by atoms with van der Waals surface area (Å²) in [5.74, 6) is -0.199. The lowest BCUT2D eigenvalue weighted by atomic mass is 10.3. The minimum atomic E-state index is -0.199. The third kappa shape index (κ3) is 2.56. The molecule has 78 valence electrons. The zero-order chi connectivity index (χ0) is 10.4. The van der Waals surface area contributed by atoms with Gasteiger partial charge in [0.05, 0.1) is 6.61 Å². The minimum Gasteiger partial charge on any atom is -0.395 e. The molecule has 1 aromatic heterocycles. The van der Waals surface area contributed by atoms with Crippen LogP contribution in [0.5, 0.6) is 0 Å². The first-order valence-electron chi connectivity index (χ1n) is 4.60. The number of aliphatic hydroxyl groups is 1. The van der Waals surface area contributed by atoms with Crippen LogP contribution in [0.15, 0.2) is 16.9 Å². The molecule has 0 aromatic carbocycles. The predicted molar refractivity (Wildman–Crippen MR) is 49.8 cm³/mol. The minimum absolute atomic E-state index is 0.0381. The van der Waals surface area contributed by atoms with Crippen LogP contribution >= 0.6 is 0 Å². The average molecular weight is 198 g/mol. The number of carbonyl (C=O) groups is 1. The Morgan fingerprint density at radius 3 is 2.93 bits per heavy atom. The van der Waals surface area contributed by atoms with E-state index < -0.39 is 0 Å². The molecule has 1 heterocycles. The summed E-state index contributed by atoms with van der Waals surface area (Å²) >= 11 is 0. The molecule has 5 heteroatoms. The van der Waals surface area contributed by atoms with Gasteiger partial charge in [-0.1, -0.05) is 12.1 Å². The molecule has 0 aliphatic rings. The molecule has 0 fully saturated rings. The Morgan fingerprint density at radius 1 is 1.64 bits per heavy atom. The van der Waals surface area contributed by atoms with E-state index in [1.54, 1.807) is 4.90 Å². The van der Waals surface area contributed by atoms with Crippen molar-refractivity contribution in [3.8, 4) is 0 Å². The quantitative estimate of drug-likeness (QED) is 0.749. The fourth-order valence-corrected chi connectivity index (χ4v) is 1.19. The average Bonchev–Trinajstić information content (AvgIpc) is 2.69. The molecular weight excluding hydrogens is 184 g/mol. The lowest BCUT2D eigenvalue weighted by Gasteiger charge is -2.19. The van der Waals surface area contributed by atoms with Crippen molar-refractivity contribution >= 4 is 5.91 Å². The van der Waals surface area contributed by atoms with E-state index in [1.165, 1.54) is 12.3 Å². The van der Waals surface area contributed by atoms with Crippen molar-refractivity contribution in [2.24, 2.45) is 0 Å². The van der Waals surface area contributed by atoms with E-state index in [0.717, 1.165) is 6.42 Å². The second-order valence-corrected chi connectivity index (χ2v) is 2.90. The van der Waals surface area contributed by atoms with Crippen LogP contribution in [0.25, 0.3) is 0 Å². The van der Waals surface area contributed by atoms with Crippen molar-refractivity contribution < 1.29 is 14.4 Å². The Morgan fingerprint density at radius 2 is 2.43 bits per heavy atom. The van der Waals surface area contributed by atoms with Crippen LogP contribution in [0.1, 0.15) is 23.8 Å². The number of carbonyl (C=O) groups excluding carboxylic acids is 1. The summed E-state index contributed by atoms with van der Waals surface area (Å²) in [5, 5.41) is 12.3. The Kier molecular flexibility index (Phi) is 4.12. The SMILES string of the molecule is CCCN(CCO)C(=O)c1ccon1. The molecule has 1 amide bonds. The third-order valence-corrected chi connectivity index (χ3v) is 1.81. The summed E-state index contributed by atoms with van der Waals surface area (Å²) in [6.07, 6.45) is 2.21. The van der Waals surface area contributed by atoms with Crippen LogP contribution in [0, 0.1) is 0 Å². The Hall–Kier alpha value is -1.36. The first-order valence-corrected chi connectivity index (χ1v) is 4.60. The van der Waals surface area contributed by atoms with Gasteiger partial charge in [0.25, 0.3) is 5.91 Å². The van der Waals surface area contributed by atoms with Crippen LogP contribution in [0.2, 0.25) is 0 Å². The van der Waals surface area contributed by atoms with Crippen LogP contribution in [-0.4, -0.2) is 40.8 Å². The Balaban J connectivity index is 2.63. The number of amides is 1. The molecule has 0 spiro atoms. The number of hydrogen-bond donors (Lipinski definition) is 1. The highest BCUT2D eigenvalue weighted by molar-refractivity contribution is 5.92. The zero-order valence-electron chi connectivity index (χ0n) is 8.14. The van der Waals surface area contributed by atoms with Gasteiger partial charge in [0.15, 0.2) is 5.69 Å². The molecule has 0 aliphatic carbocycles. The van der Waals surface area contributed by atoms with E-state index in [1.807, 2.05) is 6.92 Å². The molecule has 14 heavy (non-hydrogen) atoms. The summed E-state index contributed by atoms with van der Waals surface area (Å²) in [6, 6.07) is 1.52. The molecule has 0 saturated carbocycles. The highest BCUT2D eigenvalue weighted by Gasteiger charge is 2.16. The number of rotatable bonds is 5. The van der Waals surface area contributed by atoms with E-state index in [2.05, 4.69) is 9.68 Å². The number of nitrogens with zero attached hydrogens (tertiary/aromatic N) is 2. The van der Waals surface area contributed by atoms with Crippen LogP contribution in [0.4, 0.5) is 0 Å². The highest BCUT2D eigenvalue weighted by atomic mass is 16.5. The highest BCUT2D eigenvalue weighted by Crippen LogP contribution is 2.02. The molecule has 0 bridgehead atoms. The van der Waals surface area contributed by atoms with Crippen LogP contribution in [0.3, 0.4) is 0 Å². The van der Waals surface area contributed by atoms with Gasteiger partial charge in [0, 0.05) is 19.2 Å². The third-order valence-electron chi connectivity index (χ3n) is 1.81. The van der Waals surface area contributed by atoms with Crippen molar-refractivity contribution in [1.82, 2.24) is 10.1 Å². The maximum Gasteiger partial charge on any atom is 0.276 e. The van der Waals surface area contributed by atoms with E-state index in [4.69, 9.17) is 5.11 Å². The maximum absolute atomic E-state index is 11.7. The van der Waals surface area contributed by atoms with Gasteiger partial charge in [-0.2, -0.15) is 0 Å².